The highest BCUT2D eigenvalue weighted by Crippen LogP contribution is 2.22. The van der Waals surface area contributed by atoms with Crippen LogP contribution in [0, 0.1) is 0 Å². The molecule has 0 aliphatic carbocycles. The molecule has 3 rings (SSSR count). The zero-order valence-corrected chi connectivity index (χ0v) is 10.8. The summed E-state index contributed by atoms with van der Waals surface area (Å²) in [5, 5.41) is 4.15. The Morgan fingerprint density at radius 2 is 1.81 bits per heavy atom. The monoisotopic (exact) mass is 286 g/mol. The Hall–Kier alpha value is -2.96. The third-order valence-corrected chi connectivity index (χ3v) is 3.03. The highest BCUT2D eigenvalue weighted by molar-refractivity contribution is 6.20. The first-order chi connectivity index (χ1) is 10.2. The minimum absolute atomic E-state index is 0.0139. The van der Waals surface area contributed by atoms with Crippen molar-refractivity contribution >= 4 is 17.8 Å². The largest absolute Gasteiger partial charge is 0.365 e. The van der Waals surface area contributed by atoms with Crippen LogP contribution in [0.15, 0.2) is 41.1 Å². The fraction of sp³-hybridized carbons (Fsp3) is 0.143. The fourth-order valence-corrected chi connectivity index (χ4v) is 1.99. The van der Waals surface area contributed by atoms with Crippen LogP contribution < -0.4 is 0 Å². The maximum atomic E-state index is 12.0. The summed E-state index contributed by atoms with van der Waals surface area (Å²) in [6.07, 6.45) is 1.68. The second-order valence-electron chi connectivity index (χ2n) is 4.40. The van der Waals surface area contributed by atoms with Crippen molar-refractivity contribution in [3.8, 4) is 0 Å². The lowest BCUT2D eigenvalue weighted by Crippen LogP contribution is -2.32. The topological polar surface area (TPSA) is 89.7 Å². The Bertz CT molecular complexity index is 673. The Kier molecular flexibility index (Phi) is 3.23. The number of benzene rings is 1. The third kappa shape index (κ3) is 2.40. The van der Waals surface area contributed by atoms with E-state index >= 15 is 0 Å². The van der Waals surface area contributed by atoms with Gasteiger partial charge in [0.05, 0.1) is 23.2 Å². The van der Waals surface area contributed by atoms with Crippen molar-refractivity contribution in [2.45, 2.75) is 12.8 Å². The highest BCUT2D eigenvalue weighted by atomic mass is 16.7. The Labute approximate surface area is 119 Å². The molecule has 0 spiro atoms. The molecule has 1 aromatic carbocycles. The second-order valence-corrected chi connectivity index (χ2v) is 4.40. The van der Waals surface area contributed by atoms with Crippen LogP contribution in [0.4, 0.5) is 0 Å². The minimum atomic E-state index is -0.687. The average Bonchev–Trinajstić information content (AvgIpc) is 3.09. The number of imide groups is 1. The minimum Gasteiger partial charge on any atom is -0.365 e. The lowest BCUT2D eigenvalue weighted by Gasteiger charge is -2.12. The number of rotatable bonds is 4. The number of aromatic nitrogens is 1. The maximum Gasteiger partial charge on any atom is 0.333 e. The zero-order valence-electron chi connectivity index (χ0n) is 10.8. The van der Waals surface area contributed by atoms with E-state index in [-0.39, 0.29) is 17.5 Å². The summed E-state index contributed by atoms with van der Waals surface area (Å²) in [5.74, 6) is -1.96. The predicted molar refractivity (Wildman–Crippen MR) is 67.9 cm³/mol. The summed E-state index contributed by atoms with van der Waals surface area (Å²) in [7, 11) is 0. The smallest absolute Gasteiger partial charge is 0.333 e. The van der Waals surface area contributed by atoms with Crippen LogP contribution in [0.5, 0.6) is 0 Å². The molecule has 0 atom stereocenters. The van der Waals surface area contributed by atoms with Crippen molar-refractivity contribution in [1.82, 2.24) is 10.2 Å². The first kappa shape index (κ1) is 13.0. The van der Waals surface area contributed by atoms with Crippen molar-refractivity contribution < 1.29 is 23.7 Å². The van der Waals surface area contributed by atoms with Crippen LogP contribution in [0.2, 0.25) is 0 Å². The van der Waals surface area contributed by atoms with Gasteiger partial charge in [-0.25, -0.2) is 4.79 Å². The van der Waals surface area contributed by atoms with Crippen molar-refractivity contribution in [1.29, 1.82) is 0 Å². The quantitative estimate of drug-likeness (QED) is 0.788. The van der Waals surface area contributed by atoms with E-state index in [1.807, 2.05) is 0 Å². The molecule has 0 N–H and O–H groups in total. The molecule has 1 aliphatic heterocycles. The molecule has 2 heterocycles. The van der Waals surface area contributed by atoms with E-state index in [0.29, 0.717) is 17.2 Å². The molecule has 2 amide bonds. The maximum absolute atomic E-state index is 12.0. The van der Waals surface area contributed by atoms with Gasteiger partial charge in [0.15, 0.2) is 0 Å². The van der Waals surface area contributed by atoms with E-state index in [4.69, 9.17) is 4.84 Å². The highest BCUT2D eigenvalue weighted by Gasteiger charge is 2.38. The fourth-order valence-electron chi connectivity index (χ4n) is 1.99. The van der Waals surface area contributed by atoms with E-state index in [1.165, 1.54) is 18.4 Å². The number of aryl methyl sites for hydroxylation is 1. The second kappa shape index (κ2) is 5.20. The summed E-state index contributed by atoms with van der Waals surface area (Å²) in [6, 6.07) is 7.92. The molecule has 0 radical (unpaired) electrons. The van der Waals surface area contributed by atoms with Gasteiger partial charge < -0.3 is 9.36 Å². The van der Waals surface area contributed by atoms with Gasteiger partial charge in [0.1, 0.15) is 6.26 Å². The number of hydroxylamine groups is 2. The molecule has 0 bridgehead atoms. The van der Waals surface area contributed by atoms with Crippen molar-refractivity contribution in [2.24, 2.45) is 0 Å². The van der Waals surface area contributed by atoms with Crippen LogP contribution in [0.1, 0.15) is 32.8 Å². The lowest BCUT2D eigenvalue weighted by molar-refractivity contribution is -0.168. The Morgan fingerprint density at radius 1 is 1.14 bits per heavy atom. The van der Waals surface area contributed by atoms with Gasteiger partial charge in [0.2, 0.25) is 0 Å². The van der Waals surface area contributed by atoms with Gasteiger partial charge in [-0.2, -0.15) is 0 Å². The number of nitrogens with zero attached hydrogens (tertiary/aromatic N) is 2. The lowest BCUT2D eigenvalue weighted by atomic mass is 10.1. The molecule has 7 nitrogen and oxygen atoms in total. The number of hydrogen-bond acceptors (Lipinski definition) is 6. The van der Waals surface area contributed by atoms with Crippen molar-refractivity contribution in [3.63, 3.8) is 0 Å². The molecule has 1 aromatic heterocycles. The molecule has 106 valence electrons. The van der Waals surface area contributed by atoms with Crippen molar-refractivity contribution in [2.75, 3.05) is 0 Å². The van der Waals surface area contributed by atoms with Crippen LogP contribution in [-0.2, 0) is 16.1 Å². The molecule has 0 saturated heterocycles. The van der Waals surface area contributed by atoms with Crippen LogP contribution >= 0.6 is 0 Å². The van der Waals surface area contributed by atoms with Gasteiger partial charge in [0.25, 0.3) is 11.8 Å². The third-order valence-electron chi connectivity index (χ3n) is 3.03. The van der Waals surface area contributed by atoms with Gasteiger partial charge in [-0.15, -0.1) is 0 Å². The molecular weight excluding hydrogens is 276 g/mol. The summed E-state index contributed by atoms with van der Waals surface area (Å²) in [6.45, 7) is 0. The molecule has 21 heavy (non-hydrogen) atoms. The van der Waals surface area contributed by atoms with E-state index in [0.717, 1.165) is 0 Å². The normalized spacial score (nSPS) is 13.4. The number of carbonyl (C=O) groups is 3. The van der Waals surface area contributed by atoms with Crippen LogP contribution in [0.25, 0.3) is 0 Å². The van der Waals surface area contributed by atoms with Crippen molar-refractivity contribution in [3.05, 3.63) is 53.4 Å². The number of fused-ring (bicyclic) bond motifs is 1. The molecule has 2 aromatic rings. The van der Waals surface area contributed by atoms with Gasteiger partial charge in [-0.05, 0) is 12.1 Å². The van der Waals surface area contributed by atoms with Gasteiger partial charge in [-0.3, -0.25) is 9.59 Å². The zero-order chi connectivity index (χ0) is 14.8. The molecule has 0 fully saturated rings. The van der Waals surface area contributed by atoms with E-state index in [2.05, 4.69) is 9.68 Å². The van der Waals surface area contributed by atoms with E-state index in [1.54, 1.807) is 18.2 Å². The molecule has 0 unspecified atom stereocenters. The molecule has 1 aliphatic rings. The van der Waals surface area contributed by atoms with Gasteiger partial charge in [0, 0.05) is 12.5 Å². The Morgan fingerprint density at radius 3 is 2.38 bits per heavy atom. The predicted octanol–water partition coefficient (Wildman–Crippen LogP) is 1.36. The van der Waals surface area contributed by atoms with Gasteiger partial charge >= 0.3 is 5.97 Å². The molecule has 7 heteroatoms. The standard InChI is InChI=1S/C14H10N2O5/c17-12(6-5-9-7-8-20-15-9)21-16-13(18)10-3-1-2-4-11(10)14(16)19/h1-4,7-8H,5-6H2. The molecular formula is C14H10N2O5. The Balaban J connectivity index is 1.65. The van der Waals surface area contributed by atoms with Gasteiger partial charge in [-0.1, -0.05) is 22.4 Å². The SMILES string of the molecule is O=C(CCc1ccon1)ON1C(=O)c2ccccc2C1=O. The van der Waals surface area contributed by atoms with E-state index in [9.17, 15) is 14.4 Å². The average molecular weight is 286 g/mol. The summed E-state index contributed by atoms with van der Waals surface area (Å²) in [4.78, 5) is 40.5. The number of hydrogen-bond donors (Lipinski definition) is 0. The first-order valence-electron chi connectivity index (χ1n) is 6.24. The summed E-state index contributed by atoms with van der Waals surface area (Å²) in [5.41, 5.74) is 1.05. The summed E-state index contributed by atoms with van der Waals surface area (Å²) < 4.78 is 4.64. The van der Waals surface area contributed by atoms with Crippen LogP contribution in [-0.4, -0.2) is 28.0 Å². The molecule has 0 saturated carbocycles. The number of amides is 2. The van der Waals surface area contributed by atoms with Crippen LogP contribution in [0.3, 0.4) is 0 Å². The number of carbonyl (C=O) groups excluding carboxylic acids is 3. The first-order valence-corrected chi connectivity index (χ1v) is 6.24. The van der Waals surface area contributed by atoms with E-state index < -0.39 is 17.8 Å². The summed E-state index contributed by atoms with van der Waals surface area (Å²) >= 11 is 0.